The van der Waals surface area contributed by atoms with E-state index in [4.69, 9.17) is 14.2 Å². The summed E-state index contributed by atoms with van der Waals surface area (Å²) in [4.78, 5) is 2.26. The van der Waals surface area contributed by atoms with Gasteiger partial charge in [-0.2, -0.15) is 0 Å². The predicted octanol–water partition coefficient (Wildman–Crippen LogP) is 3.66. The molecule has 0 amide bonds. The molecule has 1 fully saturated rings. The second-order valence-corrected chi connectivity index (χ2v) is 9.52. The fraction of sp³-hybridized carbons (Fsp3) is 0.400. The highest BCUT2D eigenvalue weighted by Crippen LogP contribution is 2.36. The number of hydrogen-bond donors (Lipinski definition) is 1. The summed E-state index contributed by atoms with van der Waals surface area (Å²) < 4.78 is 45.5. The van der Waals surface area contributed by atoms with Crippen molar-refractivity contribution in [1.29, 1.82) is 0 Å². The van der Waals surface area contributed by atoms with Crippen molar-refractivity contribution in [1.82, 2.24) is 4.90 Å². The van der Waals surface area contributed by atoms with Crippen molar-refractivity contribution in [2.45, 2.75) is 24.3 Å². The van der Waals surface area contributed by atoms with Crippen LogP contribution >= 0.6 is 15.9 Å². The van der Waals surface area contributed by atoms with Gasteiger partial charge in [-0.25, -0.2) is 8.42 Å². The normalized spacial score (nSPS) is 17.2. The molecule has 1 saturated heterocycles. The van der Waals surface area contributed by atoms with E-state index < -0.39 is 10.0 Å². The molecule has 3 rings (SSSR count). The molecule has 1 aliphatic heterocycles. The molecule has 1 N–H and O–H groups in total. The van der Waals surface area contributed by atoms with Crippen LogP contribution in [-0.2, 0) is 10.0 Å². The van der Waals surface area contributed by atoms with E-state index in [1.54, 1.807) is 18.2 Å². The number of sulfonamides is 1. The van der Waals surface area contributed by atoms with Gasteiger partial charge in [0.2, 0.25) is 0 Å². The minimum atomic E-state index is -3.86. The third-order valence-corrected chi connectivity index (χ3v) is 7.15. The van der Waals surface area contributed by atoms with Crippen molar-refractivity contribution < 1.29 is 22.6 Å². The van der Waals surface area contributed by atoms with Crippen LogP contribution in [0, 0.1) is 6.92 Å². The second kappa shape index (κ2) is 8.81. The van der Waals surface area contributed by atoms with E-state index in [0.29, 0.717) is 27.4 Å². The molecular formula is C20H25BrN2O5S. The summed E-state index contributed by atoms with van der Waals surface area (Å²) in [5.74, 6) is 1.44. The monoisotopic (exact) mass is 484 g/mol. The molecule has 2 aromatic rings. The quantitative estimate of drug-likeness (QED) is 0.645. The molecule has 1 unspecified atom stereocenters. The summed E-state index contributed by atoms with van der Waals surface area (Å²) in [5, 5.41) is 0. The molecule has 1 aliphatic rings. The highest BCUT2D eigenvalue weighted by Gasteiger charge is 2.24. The van der Waals surface area contributed by atoms with Crippen LogP contribution in [0.1, 0.15) is 12.0 Å². The number of methoxy groups -OCH3 is 2. The van der Waals surface area contributed by atoms with E-state index in [1.165, 1.54) is 20.3 Å². The number of anilines is 1. The number of hydrogen-bond acceptors (Lipinski definition) is 6. The molecule has 158 valence electrons. The van der Waals surface area contributed by atoms with E-state index in [2.05, 4.69) is 32.6 Å². The van der Waals surface area contributed by atoms with Gasteiger partial charge in [0.1, 0.15) is 16.7 Å². The van der Waals surface area contributed by atoms with Crippen LogP contribution in [-0.4, -0.2) is 53.8 Å². The van der Waals surface area contributed by atoms with Gasteiger partial charge in [0.05, 0.1) is 19.9 Å². The third kappa shape index (κ3) is 4.96. The first-order valence-corrected chi connectivity index (χ1v) is 11.4. The van der Waals surface area contributed by atoms with Crippen LogP contribution in [0.5, 0.6) is 17.2 Å². The zero-order valence-corrected chi connectivity index (χ0v) is 19.3. The van der Waals surface area contributed by atoms with Crippen LogP contribution < -0.4 is 18.9 Å². The summed E-state index contributed by atoms with van der Waals surface area (Å²) in [5.41, 5.74) is 1.38. The van der Waals surface area contributed by atoms with E-state index in [1.807, 2.05) is 13.0 Å². The van der Waals surface area contributed by atoms with Crippen LogP contribution in [0.15, 0.2) is 39.7 Å². The maximum atomic E-state index is 13.0. The molecule has 0 aromatic heterocycles. The Morgan fingerprint density at radius 3 is 2.41 bits per heavy atom. The number of likely N-dealkylation sites (tertiary alicyclic amines) is 1. The highest BCUT2D eigenvalue weighted by molar-refractivity contribution is 9.10. The maximum absolute atomic E-state index is 13.0. The van der Waals surface area contributed by atoms with Gasteiger partial charge < -0.3 is 19.1 Å². The Kier molecular flexibility index (Phi) is 6.60. The van der Waals surface area contributed by atoms with Crippen LogP contribution in [0.3, 0.4) is 0 Å². The smallest absolute Gasteiger partial charge is 0.263 e. The zero-order valence-electron chi connectivity index (χ0n) is 16.9. The highest BCUT2D eigenvalue weighted by atomic mass is 79.9. The molecule has 0 saturated carbocycles. The second-order valence-electron chi connectivity index (χ2n) is 7.01. The van der Waals surface area contributed by atoms with Gasteiger partial charge >= 0.3 is 0 Å². The number of halogens is 1. The molecule has 0 radical (unpaired) electrons. The minimum Gasteiger partial charge on any atom is -0.493 e. The molecule has 9 heteroatoms. The SMILES string of the molecule is COc1cc(Br)c(S(=O)(=O)Nc2ccc(C)c(OC3CCN(C)C3)c2)cc1OC. The predicted molar refractivity (Wildman–Crippen MR) is 116 cm³/mol. The molecule has 1 atom stereocenters. The van der Waals surface area contributed by atoms with Crippen LogP contribution in [0.2, 0.25) is 0 Å². The first kappa shape index (κ1) is 21.7. The van der Waals surface area contributed by atoms with Gasteiger partial charge in [-0.3, -0.25) is 4.72 Å². The van der Waals surface area contributed by atoms with Crippen molar-refractivity contribution in [3.8, 4) is 17.2 Å². The molecule has 1 heterocycles. The van der Waals surface area contributed by atoms with Crippen molar-refractivity contribution in [2.24, 2.45) is 0 Å². The average molecular weight is 485 g/mol. The van der Waals surface area contributed by atoms with Crippen molar-refractivity contribution >= 4 is 31.6 Å². The first-order valence-electron chi connectivity index (χ1n) is 9.13. The Morgan fingerprint density at radius 2 is 1.79 bits per heavy atom. The average Bonchev–Trinajstić information content (AvgIpc) is 3.08. The molecule has 7 nitrogen and oxygen atoms in total. The van der Waals surface area contributed by atoms with Gasteiger partial charge in [0, 0.05) is 29.7 Å². The van der Waals surface area contributed by atoms with Gasteiger partial charge in [0.15, 0.2) is 11.5 Å². The molecule has 0 spiro atoms. The molecule has 0 bridgehead atoms. The van der Waals surface area contributed by atoms with Crippen molar-refractivity contribution in [3.63, 3.8) is 0 Å². The number of nitrogens with zero attached hydrogens (tertiary/aromatic N) is 1. The van der Waals surface area contributed by atoms with Crippen molar-refractivity contribution in [2.75, 3.05) is 39.1 Å². The molecule has 0 aliphatic carbocycles. The summed E-state index contributed by atoms with van der Waals surface area (Å²) in [6.45, 7) is 3.79. The Labute approximate surface area is 180 Å². The molecular weight excluding hydrogens is 460 g/mol. The number of benzene rings is 2. The van der Waals surface area contributed by atoms with E-state index >= 15 is 0 Å². The number of aryl methyl sites for hydroxylation is 1. The lowest BCUT2D eigenvalue weighted by molar-refractivity contribution is 0.207. The number of likely N-dealkylation sites (N-methyl/N-ethyl adjacent to an activating group) is 1. The largest absolute Gasteiger partial charge is 0.493 e. The Morgan fingerprint density at radius 1 is 1.10 bits per heavy atom. The topological polar surface area (TPSA) is 77.1 Å². The number of ether oxygens (including phenoxy) is 3. The third-order valence-electron chi connectivity index (χ3n) is 4.81. The standard InChI is InChI=1S/C20H25BrN2O5S/c1-13-5-6-14(9-17(13)28-15-7-8-23(2)12-15)22-29(24,25)20-11-19(27-4)18(26-3)10-16(20)21/h5-6,9-11,15,22H,7-8,12H2,1-4H3. The summed E-state index contributed by atoms with van der Waals surface area (Å²) in [6.07, 6.45) is 1.05. The summed E-state index contributed by atoms with van der Waals surface area (Å²) >= 11 is 3.31. The molecule has 2 aromatic carbocycles. The van der Waals surface area contributed by atoms with E-state index in [-0.39, 0.29) is 11.0 Å². The number of rotatable bonds is 7. The van der Waals surface area contributed by atoms with Gasteiger partial charge in [-0.15, -0.1) is 0 Å². The van der Waals surface area contributed by atoms with Crippen LogP contribution in [0.25, 0.3) is 0 Å². The lowest BCUT2D eigenvalue weighted by Crippen LogP contribution is -2.21. The van der Waals surface area contributed by atoms with Crippen molar-refractivity contribution in [3.05, 3.63) is 40.4 Å². The number of nitrogens with one attached hydrogen (secondary N) is 1. The Balaban J connectivity index is 1.86. The first-order chi connectivity index (χ1) is 13.7. The van der Waals surface area contributed by atoms with Gasteiger partial charge in [-0.1, -0.05) is 6.07 Å². The summed E-state index contributed by atoms with van der Waals surface area (Å²) in [6, 6.07) is 8.27. The van der Waals surface area contributed by atoms with Gasteiger partial charge in [0.25, 0.3) is 10.0 Å². The fourth-order valence-corrected chi connectivity index (χ4v) is 5.30. The van der Waals surface area contributed by atoms with Gasteiger partial charge in [-0.05, 0) is 54.0 Å². The fourth-order valence-electron chi connectivity index (χ4n) is 3.21. The van der Waals surface area contributed by atoms with E-state index in [0.717, 1.165) is 25.1 Å². The Bertz CT molecular complexity index is 997. The molecule has 29 heavy (non-hydrogen) atoms. The maximum Gasteiger partial charge on any atom is 0.263 e. The Hall–Kier alpha value is -1.97. The zero-order chi connectivity index (χ0) is 21.2. The van der Waals surface area contributed by atoms with E-state index in [9.17, 15) is 8.42 Å². The minimum absolute atomic E-state index is 0.0515. The lowest BCUT2D eigenvalue weighted by atomic mass is 10.2. The van der Waals surface area contributed by atoms with Crippen LogP contribution in [0.4, 0.5) is 5.69 Å². The summed E-state index contributed by atoms with van der Waals surface area (Å²) in [7, 11) is 1.14. The lowest BCUT2D eigenvalue weighted by Gasteiger charge is -2.17.